The minimum atomic E-state index is 0.261. The van der Waals surface area contributed by atoms with Crippen molar-refractivity contribution in [3.05, 3.63) is 0 Å². The van der Waals surface area contributed by atoms with Gasteiger partial charge in [0.1, 0.15) is 0 Å². The van der Waals surface area contributed by atoms with Gasteiger partial charge in [0.25, 0.3) is 0 Å². The molecule has 0 heterocycles. The Labute approximate surface area is 106 Å². The topological polar surface area (TPSA) is 62.3 Å². The Morgan fingerprint density at radius 1 is 1.18 bits per heavy atom. The van der Waals surface area contributed by atoms with E-state index in [2.05, 4.69) is 32.6 Å². The smallest absolute Gasteiger partial charge is 0.0918 e. The van der Waals surface area contributed by atoms with Crippen molar-refractivity contribution in [2.45, 2.75) is 46.6 Å². The molecular weight excluding hydrogens is 214 g/mol. The van der Waals surface area contributed by atoms with Crippen LogP contribution in [-0.2, 0) is 4.74 Å². The zero-order chi connectivity index (χ0) is 13.3. The number of amidine groups is 1. The summed E-state index contributed by atoms with van der Waals surface area (Å²) in [5.74, 6) is 0.963. The molecule has 0 aliphatic heterocycles. The van der Waals surface area contributed by atoms with Gasteiger partial charge in [-0.15, -0.1) is 0 Å². The SMILES string of the molecule is CC(C)CCOCCN(CCC(=N)N)C(C)C. The van der Waals surface area contributed by atoms with Crippen LogP contribution in [0.2, 0.25) is 0 Å². The average molecular weight is 243 g/mol. The highest BCUT2D eigenvalue weighted by Gasteiger charge is 2.09. The molecule has 102 valence electrons. The fourth-order valence-corrected chi connectivity index (χ4v) is 1.50. The lowest BCUT2D eigenvalue weighted by molar-refractivity contribution is 0.0872. The molecule has 0 saturated carbocycles. The van der Waals surface area contributed by atoms with Gasteiger partial charge in [-0.25, -0.2) is 0 Å². The van der Waals surface area contributed by atoms with Gasteiger partial charge in [0.05, 0.1) is 12.4 Å². The number of ether oxygens (including phenoxy) is 1. The standard InChI is InChI=1S/C13H29N3O/c1-11(2)6-9-17-10-8-16(12(3)4)7-5-13(14)15/h11-12H,5-10H2,1-4H3,(H3,14,15). The Hall–Kier alpha value is -0.610. The molecular formula is C13H29N3O. The van der Waals surface area contributed by atoms with Crippen molar-refractivity contribution in [1.29, 1.82) is 5.41 Å². The van der Waals surface area contributed by atoms with Gasteiger partial charge < -0.3 is 10.5 Å². The van der Waals surface area contributed by atoms with Crippen LogP contribution in [0.15, 0.2) is 0 Å². The van der Waals surface area contributed by atoms with Crippen LogP contribution in [0.5, 0.6) is 0 Å². The van der Waals surface area contributed by atoms with E-state index < -0.39 is 0 Å². The predicted octanol–water partition coefficient (Wildman–Crippen LogP) is 2.09. The molecule has 3 N–H and O–H groups in total. The van der Waals surface area contributed by atoms with Gasteiger partial charge >= 0.3 is 0 Å². The van der Waals surface area contributed by atoms with Crippen molar-refractivity contribution < 1.29 is 4.74 Å². The molecule has 17 heavy (non-hydrogen) atoms. The number of nitrogens with two attached hydrogens (primary N) is 1. The lowest BCUT2D eigenvalue weighted by Crippen LogP contribution is -2.36. The Bertz CT molecular complexity index is 205. The Morgan fingerprint density at radius 2 is 1.82 bits per heavy atom. The van der Waals surface area contributed by atoms with Gasteiger partial charge in [0.2, 0.25) is 0 Å². The van der Waals surface area contributed by atoms with E-state index in [4.69, 9.17) is 15.9 Å². The number of nitrogens with zero attached hydrogens (tertiary/aromatic N) is 1. The largest absolute Gasteiger partial charge is 0.388 e. The number of hydrogen-bond donors (Lipinski definition) is 2. The third kappa shape index (κ3) is 10.3. The Balaban J connectivity index is 3.66. The first-order valence-corrected chi connectivity index (χ1v) is 6.58. The maximum Gasteiger partial charge on any atom is 0.0918 e. The van der Waals surface area contributed by atoms with E-state index in [1.807, 2.05) is 0 Å². The number of nitrogens with one attached hydrogen (secondary N) is 1. The van der Waals surface area contributed by atoms with Gasteiger partial charge in [-0.1, -0.05) is 13.8 Å². The van der Waals surface area contributed by atoms with E-state index in [1.54, 1.807) is 0 Å². The van der Waals surface area contributed by atoms with Gasteiger partial charge in [-0.3, -0.25) is 10.3 Å². The van der Waals surface area contributed by atoms with Crippen molar-refractivity contribution in [2.24, 2.45) is 11.7 Å². The second-order valence-corrected chi connectivity index (χ2v) is 5.20. The summed E-state index contributed by atoms with van der Waals surface area (Å²) in [6.07, 6.45) is 1.76. The summed E-state index contributed by atoms with van der Waals surface area (Å²) in [5, 5.41) is 7.24. The van der Waals surface area contributed by atoms with Crippen LogP contribution in [0.4, 0.5) is 0 Å². The van der Waals surface area contributed by atoms with Crippen LogP contribution in [0.25, 0.3) is 0 Å². The predicted molar refractivity (Wildman–Crippen MR) is 73.5 cm³/mol. The molecule has 0 atom stereocenters. The lowest BCUT2D eigenvalue weighted by atomic mass is 10.1. The van der Waals surface area contributed by atoms with E-state index in [0.29, 0.717) is 18.4 Å². The van der Waals surface area contributed by atoms with Crippen molar-refractivity contribution in [3.8, 4) is 0 Å². The molecule has 0 fully saturated rings. The zero-order valence-electron chi connectivity index (χ0n) is 11.8. The maximum atomic E-state index is 7.24. The molecule has 0 aromatic rings. The second-order valence-electron chi connectivity index (χ2n) is 5.20. The summed E-state index contributed by atoms with van der Waals surface area (Å²) in [7, 11) is 0. The van der Waals surface area contributed by atoms with Crippen LogP contribution >= 0.6 is 0 Å². The van der Waals surface area contributed by atoms with E-state index in [9.17, 15) is 0 Å². The average Bonchev–Trinajstić information content (AvgIpc) is 2.20. The highest BCUT2D eigenvalue weighted by atomic mass is 16.5. The molecule has 0 aliphatic rings. The van der Waals surface area contributed by atoms with Crippen LogP contribution in [0.1, 0.15) is 40.5 Å². The summed E-state index contributed by atoms with van der Waals surface area (Å²) in [6.45, 7) is 12.1. The molecule has 4 heteroatoms. The van der Waals surface area contributed by atoms with Gasteiger partial charge in [-0.05, 0) is 26.2 Å². The summed E-state index contributed by atoms with van der Waals surface area (Å²) in [6, 6.07) is 0.475. The molecule has 0 radical (unpaired) electrons. The van der Waals surface area contributed by atoms with Crippen LogP contribution in [0, 0.1) is 11.3 Å². The first-order chi connectivity index (χ1) is 7.93. The van der Waals surface area contributed by atoms with Crippen molar-refractivity contribution >= 4 is 5.84 Å². The second kappa shape index (κ2) is 9.42. The molecule has 0 aromatic heterocycles. The summed E-state index contributed by atoms with van der Waals surface area (Å²) in [4.78, 5) is 2.30. The number of hydrogen-bond acceptors (Lipinski definition) is 3. The van der Waals surface area contributed by atoms with E-state index in [1.165, 1.54) is 0 Å². The minimum absolute atomic E-state index is 0.261. The summed E-state index contributed by atoms with van der Waals surface area (Å²) >= 11 is 0. The summed E-state index contributed by atoms with van der Waals surface area (Å²) < 4.78 is 5.61. The maximum absolute atomic E-state index is 7.24. The third-order valence-electron chi connectivity index (χ3n) is 2.76. The monoisotopic (exact) mass is 243 g/mol. The van der Waals surface area contributed by atoms with Crippen molar-refractivity contribution in [1.82, 2.24) is 4.90 Å². The molecule has 0 aliphatic carbocycles. The van der Waals surface area contributed by atoms with Crippen LogP contribution in [-0.4, -0.2) is 43.1 Å². The van der Waals surface area contributed by atoms with E-state index in [0.717, 1.165) is 32.7 Å². The zero-order valence-corrected chi connectivity index (χ0v) is 11.8. The molecule has 0 bridgehead atoms. The lowest BCUT2D eigenvalue weighted by Gasteiger charge is -2.26. The molecule has 0 unspecified atom stereocenters. The summed E-state index contributed by atoms with van der Waals surface area (Å²) in [5.41, 5.74) is 5.38. The molecule has 0 saturated heterocycles. The highest BCUT2D eigenvalue weighted by molar-refractivity contribution is 5.76. The van der Waals surface area contributed by atoms with Gasteiger partial charge in [0.15, 0.2) is 0 Å². The fourth-order valence-electron chi connectivity index (χ4n) is 1.50. The minimum Gasteiger partial charge on any atom is -0.388 e. The fraction of sp³-hybridized carbons (Fsp3) is 0.923. The molecule has 0 amide bonds. The van der Waals surface area contributed by atoms with E-state index >= 15 is 0 Å². The highest BCUT2D eigenvalue weighted by Crippen LogP contribution is 2.01. The van der Waals surface area contributed by atoms with Gasteiger partial charge in [0, 0.05) is 32.2 Å². The molecule has 0 rings (SSSR count). The van der Waals surface area contributed by atoms with Crippen molar-refractivity contribution in [3.63, 3.8) is 0 Å². The van der Waals surface area contributed by atoms with Gasteiger partial charge in [-0.2, -0.15) is 0 Å². The molecule has 0 spiro atoms. The van der Waals surface area contributed by atoms with Crippen LogP contribution in [0.3, 0.4) is 0 Å². The Kier molecular flexibility index (Phi) is 9.09. The third-order valence-corrected chi connectivity index (χ3v) is 2.76. The van der Waals surface area contributed by atoms with Crippen molar-refractivity contribution in [2.75, 3.05) is 26.3 Å². The Morgan fingerprint density at radius 3 is 2.29 bits per heavy atom. The molecule has 4 nitrogen and oxygen atoms in total. The molecule has 0 aromatic carbocycles. The first kappa shape index (κ1) is 16.4. The van der Waals surface area contributed by atoms with E-state index in [-0.39, 0.29) is 5.84 Å². The van der Waals surface area contributed by atoms with Crippen LogP contribution < -0.4 is 5.73 Å². The quantitative estimate of drug-likeness (QED) is 0.351. The first-order valence-electron chi connectivity index (χ1n) is 6.58. The number of rotatable bonds is 10. The normalized spacial score (nSPS) is 11.7.